The summed E-state index contributed by atoms with van der Waals surface area (Å²) >= 11 is -2.30. The Bertz CT molecular complexity index is 551. The number of anilines is 1. The standard InChI is InChI=1S/C12H14NO2.3C4H9.Sn/c1-9(2)10(3)15-12(14)13-11-7-5-4-6-8-11;3*1-3-4-2;/h4-8,10H,1-2H2,3H3,(H,13,14);3*1,3-4H2,2H3;. The molecule has 1 unspecified atom stereocenters. The van der Waals surface area contributed by atoms with Crippen molar-refractivity contribution in [2.24, 2.45) is 0 Å². The second-order valence-electron chi connectivity index (χ2n) is 8.18. The fraction of sp³-hybridized carbons (Fsp3) is 0.625. The Hall–Kier alpha value is -0.971. The van der Waals surface area contributed by atoms with E-state index >= 15 is 0 Å². The zero-order valence-electron chi connectivity index (χ0n) is 18.6. The van der Waals surface area contributed by atoms with E-state index in [2.05, 4.69) is 32.7 Å². The topological polar surface area (TPSA) is 38.3 Å². The van der Waals surface area contributed by atoms with Gasteiger partial charge in [-0.25, -0.2) is 0 Å². The monoisotopic (exact) mass is 495 g/mol. The second-order valence-corrected chi connectivity index (χ2v) is 22.0. The summed E-state index contributed by atoms with van der Waals surface area (Å²) in [7, 11) is 0. The van der Waals surface area contributed by atoms with Crippen molar-refractivity contribution in [1.82, 2.24) is 0 Å². The number of benzene rings is 1. The molecule has 0 radical (unpaired) electrons. The molecule has 4 heteroatoms. The molecule has 0 aliphatic heterocycles. The normalized spacial score (nSPS) is 12.4. The Kier molecular flexibility index (Phi) is 12.6. The van der Waals surface area contributed by atoms with Crippen molar-refractivity contribution < 1.29 is 9.53 Å². The molecule has 0 spiro atoms. The van der Waals surface area contributed by atoms with Gasteiger partial charge in [-0.15, -0.1) is 0 Å². The predicted octanol–water partition coefficient (Wildman–Crippen LogP) is 8.03. The number of para-hydroxylation sites is 1. The summed E-state index contributed by atoms with van der Waals surface area (Å²) in [5, 5.41) is 2.81. The van der Waals surface area contributed by atoms with Gasteiger partial charge in [-0.3, -0.25) is 0 Å². The Morgan fingerprint density at radius 2 is 1.50 bits per heavy atom. The third-order valence-corrected chi connectivity index (χ3v) is 21.2. The molecule has 0 fully saturated rings. The molecule has 1 aromatic carbocycles. The zero-order chi connectivity index (χ0) is 20.8. The molecule has 0 saturated heterocycles. The first-order valence-corrected chi connectivity index (χ1v) is 19.2. The molecule has 1 aromatic rings. The summed E-state index contributed by atoms with van der Waals surface area (Å²) in [6.07, 6.45) is 7.24. The number of carbonyl (C=O) groups excluding carboxylic acids is 1. The van der Waals surface area contributed by atoms with E-state index in [1.54, 1.807) is 0 Å². The number of rotatable bonds is 14. The minimum atomic E-state index is -2.30. The van der Waals surface area contributed by atoms with Gasteiger partial charge in [-0.1, -0.05) is 0 Å². The molecule has 1 N–H and O–H groups in total. The van der Waals surface area contributed by atoms with Crippen LogP contribution in [0.4, 0.5) is 10.5 Å². The number of unbranched alkanes of at least 4 members (excludes halogenated alkanes) is 3. The number of hydrogen-bond donors (Lipinski definition) is 1. The van der Waals surface area contributed by atoms with Crippen LogP contribution in [0.5, 0.6) is 0 Å². The van der Waals surface area contributed by atoms with Crippen molar-refractivity contribution in [2.45, 2.75) is 90.1 Å². The van der Waals surface area contributed by atoms with Crippen molar-refractivity contribution >= 4 is 30.2 Å². The van der Waals surface area contributed by atoms with Crippen LogP contribution in [-0.2, 0) is 4.74 Å². The Morgan fingerprint density at radius 3 is 1.96 bits per heavy atom. The number of amides is 1. The van der Waals surface area contributed by atoms with E-state index in [9.17, 15) is 4.79 Å². The van der Waals surface area contributed by atoms with E-state index in [4.69, 9.17) is 4.74 Å². The molecule has 0 heterocycles. The van der Waals surface area contributed by atoms with E-state index in [1.807, 2.05) is 37.3 Å². The van der Waals surface area contributed by atoms with Gasteiger partial charge in [0, 0.05) is 0 Å². The van der Waals surface area contributed by atoms with Crippen LogP contribution in [0.2, 0.25) is 17.7 Å². The maximum absolute atomic E-state index is 12.3. The predicted molar refractivity (Wildman–Crippen MR) is 125 cm³/mol. The first-order chi connectivity index (χ1) is 13.5. The summed E-state index contributed by atoms with van der Waals surface area (Å²) in [5.74, 6) is 0. The third kappa shape index (κ3) is 9.49. The molecule has 158 valence electrons. The Morgan fingerprint density at radius 1 is 1.00 bits per heavy atom. The van der Waals surface area contributed by atoms with Crippen LogP contribution in [0.25, 0.3) is 0 Å². The first-order valence-electron chi connectivity index (χ1n) is 11.2. The van der Waals surface area contributed by atoms with Crippen molar-refractivity contribution in [2.75, 3.05) is 5.32 Å². The van der Waals surface area contributed by atoms with Crippen LogP contribution in [0.3, 0.4) is 0 Å². The molecule has 1 rings (SSSR count). The summed E-state index contributed by atoms with van der Waals surface area (Å²) in [5.41, 5.74) is 1.88. The maximum atomic E-state index is 12.3. The van der Waals surface area contributed by atoms with Crippen molar-refractivity contribution in [3.63, 3.8) is 0 Å². The van der Waals surface area contributed by atoms with Crippen LogP contribution in [0.1, 0.15) is 66.2 Å². The number of ether oxygens (including phenoxy) is 1. The van der Waals surface area contributed by atoms with E-state index in [1.165, 1.54) is 51.8 Å². The molecular weight excluding hydrogens is 453 g/mol. The fourth-order valence-corrected chi connectivity index (χ4v) is 20.5. The molecule has 28 heavy (non-hydrogen) atoms. The zero-order valence-corrected chi connectivity index (χ0v) is 21.4. The van der Waals surface area contributed by atoms with Gasteiger partial charge in [0.15, 0.2) is 0 Å². The van der Waals surface area contributed by atoms with Crippen LogP contribution in [-0.4, -0.2) is 30.6 Å². The molecular formula is C24H41NO2Sn. The summed E-state index contributed by atoms with van der Waals surface area (Å²) in [4.78, 5) is 12.3. The summed E-state index contributed by atoms with van der Waals surface area (Å²) < 4.78 is 11.2. The van der Waals surface area contributed by atoms with E-state index in [-0.39, 0.29) is 6.10 Å². The van der Waals surface area contributed by atoms with Gasteiger partial charge in [0.2, 0.25) is 0 Å². The van der Waals surface area contributed by atoms with Gasteiger partial charge in [0.1, 0.15) is 0 Å². The molecule has 0 saturated carbocycles. The van der Waals surface area contributed by atoms with Crippen molar-refractivity contribution in [1.29, 1.82) is 0 Å². The molecule has 0 aliphatic carbocycles. The van der Waals surface area contributed by atoms with E-state index in [0.717, 1.165) is 15.7 Å². The number of carbonyl (C=O) groups is 1. The van der Waals surface area contributed by atoms with Crippen molar-refractivity contribution in [3.05, 3.63) is 42.5 Å². The Balaban J connectivity index is 2.72. The molecule has 0 bridgehead atoms. The fourth-order valence-electron chi connectivity index (χ4n) is 3.83. The van der Waals surface area contributed by atoms with Crippen LogP contribution < -0.4 is 5.32 Å². The number of nitrogens with one attached hydrogen (secondary N) is 1. The quantitative estimate of drug-likeness (QED) is 0.210. The number of hydrogen-bond acceptors (Lipinski definition) is 2. The average Bonchev–Trinajstić information content (AvgIpc) is 2.69. The van der Waals surface area contributed by atoms with Gasteiger partial charge in [0.05, 0.1) is 0 Å². The molecule has 1 atom stereocenters. The molecule has 3 nitrogen and oxygen atoms in total. The van der Waals surface area contributed by atoms with Gasteiger partial charge >= 0.3 is 178 Å². The van der Waals surface area contributed by atoms with Crippen molar-refractivity contribution in [3.8, 4) is 0 Å². The van der Waals surface area contributed by atoms with Gasteiger partial charge in [-0.05, 0) is 0 Å². The molecule has 1 amide bonds. The third-order valence-electron chi connectivity index (χ3n) is 5.66. The SMILES string of the molecule is C=C([CH2][Sn]([CH2]CCC)([CH2]CCC)[CH2]CCC)C(C)OC(=O)Nc1ccccc1. The molecule has 0 aromatic heterocycles. The van der Waals surface area contributed by atoms with Crippen LogP contribution >= 0.6 is 0 Å². The van der Waals surface area contributed by atoms with E-state index < -0.39 is 24.5 Å². The Labute approximate surface area is 177 Å². The van der Waals surface area contributed by atoms with Gasteiger partial charge in [-0.2, -0.15) is 0 Å². The average molecular weight is 494 g/mol. The second kappa shape index (κ2) is 14.1. The van der Waals surface area contributed by atoms with Gasteiger partial charge < -0.3 is 0 Å². The minimum absolute atomic E-state index is 0.232. The first kappa shape index (κ1) is 25.1. The van der Waals surface area contributed by atoms with Crippen LogP contribution in [0, 0.1) is 0 Å². The van der Waals surface area contributed by atoms with E-state index in [0.29, 0.717) is 0 Å². The summed E-state index contributed by atoms with van der Waals surface area (Å²) in [6.45, 7) is 13.2. The van der Waals surface area contributed by atoms with Crippen LogP contribution in [0.15, 0.2) is 42.5 Å². The molecule has 0 aliphatic rings. The summed E-state index contributed by atoms with van der Waals surface area (Å²) in [6, 6.07) is 9.45. The van der Waals surface area contributed by atoms with Gasteiger partial charge in [0.25, 0.3) is 0 Å².